The van der Waals surface area contributed by atoms with Gasteiger partial charge in [-0.15, -0.1) is 0 Å². The first-order valence-electron chi connectivity index (χ1n) is 13.9. The number of thiazole rings is 1. The lowest BCUT2D eigenvalue weighted by atomic mass is 9.96. The van der Waals surface area contributed by atoms with Crippen molar-refractivity contribution in [2.45, 2.75) is 32.9 Å². The summed E-state index contributed by atoms with van der Waals surface area (Å²) >= 11 is 1.28. The average molecular weight is 591 g/mol. The molecular formula is C34H30N4O4S. The molecule has 0 spiro atoms. The number of hydrogen-bond donors (Lipinski definition) is 0. The SMILES string of the molecule is COc1ccc(C2C(C(=O)OC(C)C)=C(C)N=c3s/c(=C\c4cn(-c5ccccc5)nc4-c4ccccc4)c(=O)n32)cc1. The van der Waals surface area contributed by atoms with E-state index in [1.807, 2.05) is 102 Å². The number of methoxy groups -OCH3 is 1. The molecule has 1 unspecified atom stereocenters. The molecule has 3 aromatic carbocycles. The third-order valence-corrected chi connectivity index (χ3v) is 8.10. The molecule has 0 saturated carbocycles. The van der Waals surface area contributed by atoms with Gasteiger partial charge in [0, 0.05) is 17.3 Å². The molecule has 0 bridgehead atoms. The number of carbonyl (C=O) groups is 1. The molecule has 1 atom stereocenters. The molecular weight excluding hydrogens is 560 g/mol. The van der Waals surface area contributed by atoms with Gasteiger partial charge in [-0.25, -0.2) is 14.5 Å². The van der Waals surface area contributed by atoms with Crippen LogP contribution < -0.4 is 19.6 Å². The zero-order valence-electron chi connectivity index (χ0n) is 24.2. The molecule has 1 aliphatic rings. The number of rotatable bonds is 7. The van der Waals surface area contributed by atoms with Gasteiger partial charge in [0.25, 0.3) is 5.56 Å². The summed E-state index contributed by atoms with van der Waals surface area (Å²) in [5, 5.41) is 4.89. The smallest absolute Gasteiger partial charge is 0.338 e. The second-order valence-corrected chi connectivity index (χ2v) is 11.4. The predicted molar refractivity (Wildman–Crippen MR) is 167 cm³/mol. The Morgan fingerprint density at radius 2 is 1.65 bits per heavy atom. The van der Waals surface area contributed by atoms with Crippen molar-refractivity contribution in [2.24, 2.45) is 4.99 Å². The topological polar surface area (TPSA) is 87.7 Å². The first kappa shape index (κ1) is 28.1. The normalized spacial score (nSPS) is 14.9. The number of esters is 1. The van der Waals surface area contributed by atoms with Crippen molar-refractivity contribution in [3.05, 3.63) is 133 Å². The monoisotopic (exact) mass is 590 g/mol. The molecule has 0 aliphatic carbocycles. The summed E-state index contributed by atoms with van der Waals surface area (Å²) in [5.41, 5.74) is 4.72. The van der Waals surface area contributed by atoms with E-state index in [0.29, 0.717) is 26.4 Å². The van der Waals surface area contributed by atoms with E-state index in [9.17, 15) is 9.59 Å². The van der Waals surface area contributed by atoms with Crippen LogP contribution in [-0.4, -0.2) is 33.5 Å². The van der Waals surface area contributed by atoms with Gasteiger partial charge in [-0.1, -0.05) is 72.0 Å². The molecule has 43 heavy (non-hydrogen) atoms. The van der Waals surface area contributed by atoms with Crippen LogP contribution in [-0.2, 0) is 9.53 Å². The maximum absolute atomic E-state index is 14.2. The number of benzene rings is 3. The Balaban J connectivity index is 1.55. The van der Waals surface area contributed by atoms with Crippen LogP contribution in [0.4, 0.5) is 0 Å². The van der Waals surface area contributed by atoms with Crippen LogP contribution >= 0.6 is 11.3 Å². The highest BCUT2D eigenvalue weighted by atomic mass is 32.1. The van der Waals surface area contributed by atoms with E-state index >= 15 is 0 Å². The molecule has 3 heterocycles. The van der Waals surface area contributed by atoms with Gasteiger partial charge < -0.3 is 9.47 Å². The molecule has 9 heteroatoms. The van der Waals surface area contributed by atoms with Gasteiger partial charge in [-0.2, -0.15) is 5.10 Å². The Bertz CT molecular complexity index is 2000. The van der Waals surface area contributed by atoms with E-state index in [1.165, 1.54) is 11.3 Å². The van der Waals surface area contributed by atoms with Crippen molar-refractivity contribution in [3.8, 4) is 22.7 Å². The number of carbonyl (C=O) groups excluding carboxylic acids is 1. The summed E-state index contributed by atoms with van der Waals surface area (Å²) in [6, 6.07) is 26.4. The Morgan fingerprint density at radius 1 is 0.977 bits per heavy atom. The van der Waals surface area contributed by atoms with Crippen molar-refractivity contribution < 1.29 is 14.3 Å². The lowest BCUT2D eigenvalue weighted by Gasteiger charge is -2.25. The Morgan fingerprint density at radius 3 is 2.30 bits per heavy atom. The van der Waals surface area contributed by atoms with Crippen molar-refractivity contribution in [1.82, 2.24) is 14.3 Å². The second-order valence-electron chi connectivity index (χ2n) is 10.4. The van der Waals surface area contributed by atoms with E-state index in [2.05, 4.69) is 0 Å². The van der Waals surface area contributed by atoms with Crippen molar-refractivity contribution in [3.63, 3.8) is 0 Å². The largest absolute Gasteiger partial charge is 0.497 e. The van der Waals surface area contributed by atoms with Crippen LogP contribution in [0.3, 0.4) is 0 Å². The summed E-state index contributed by atoms with van der Waals surface area (Å²) in [6.45, 7) is 5.37. The van der Waals surface area contributed by atoms with Crippen molar-refractivity contribution >= 4 is 23.4 Å². The number of fused-ring (bicyclic) bond motifs is 1. The average Bonchev–Trinajstić information content (AvgIpc) is 3.57. The first-order chi connectivity index (χ1) is 20.8. The van der Waals surface area contributed by atoms with Gasteiger partial charge in [-0.3, -0.25) is 9.36 Å². The zero-order chi connectivity index (χ0) is 30.1. The standard InChI is InChI=1S/C34H30N4O4S/c1-21(2)42-33(40)29-22(3)35-34-38(31(29)24-15-17-27(41-4)18-16-24)32(39)28(43-34)19-25-20-37(26-13-9-6-10-14-26)36-30(25)23-11-7-5-8-12-23/h5-21,31H,1-4H3/b28-19-. The van der Waals surface area contributed by atoms with Gasteiger partial charge in [0.05, 0.1) is 46.4 Å². The molecule has 2 aromatic heterocycles. The number of allylic oxidation sites excluding steroid dienone is 1. The fourth-order valence-electron chi connectivity index (χ4n) is 5.13. The molecule has 0 fully saturated rings. The molecule has 216 valence electrons. The number of hydrogen-bond acceptors (Lipinski definition) is 7. The summed E-state index contributed by atoms with van der Waals surface area (Å²) in [6.07, 6.45) is 3.45. The Labute approximate surface area is 252 Å². The maximum Gasteiger partial charge on any atom is 0.338 e. The van der Waals surface area contributed by atoms with Crippen molar-refractivity contribution in [2.75, 3.05) is 7.11 Å². The lowest BCUT2D eigenvalue weighted by Crippen LogP contribution is -2.40. The van der Waals surface area contributed by atoms with E-state index in [4.69, 9.17) is 19.6 Å². The van der Waals surface area contributed by atoms with Crippen LogP contribution in [0.25, 0.3) is 23.0 Å². The second kappa shape index (κ2) is 11.7. The maximum atomic E-state index is 14.2. The van der Waals surface area contributed by atoms with E-state index < -0.39 is 12.0 Å². The van der Waals surface area contributed by atoms with Gasteiger partial charge in [0.15, 0.2) is 4.80 Å². The summed E-state index contributed by atoms with van der Waals surface area (Å²) < 4.78 is 14.8. The van der Waals surface area contributed by atoms with Gasteiger partial charge in [-0.05, 0) is 56.7 Å². The Hall–Kier alpha value is -5.02. The van der Waals surface area contributed by atoms with E-state index in [1.54, 1.807) is 32.4 Å². The van der Waals surface area contributed by atoms with Crippen LogP contribution in [0, 0.1) is 0 Å². The molecule has 8 nitrogen and oxygen atoms in total. The number of ether oxygens (including phenoxy) is 2. The van der Waals surface area contributed by atoms with E-state index in [0.717, 1.165) is 28.1 Å². The van der Waals surface area contributed by atoms with E-state index in [-0.39, 0.29) is 11.7 Å². The third kappa shape index (κ3) is 5.47. The highest BCUT2D eigenvalue weighted by Gasteiger charge is 2.34. The quantitative estimate of drug-likeness (QED) is 0.248. The summed E-state index contributed by atoms with van der Waals surface area (Å²) in [7, 11) is 1.59. The van der Waals surface area contributed by atoms with Gasteiger partial charge in [0.2, 0.25) is 0 Å². The summed E-state index contributed by atoms with van der Waals surface area (Å²) in [5.74, 6) is 0.175. The van der Waals surface area contributed by atoms with Crippen molar-refractivity contribution in [1.29, 1.82) is 0 Å². The first-order valence-corrected chi connectivity index (χ1v) is 14.7. The minimum atomic E-state index is -0.712. The highest BCUT2D eigenvalue weighted by molar-refractivity contribution is 7.07. The third-order valence-electron chi connectivity index (χ3n) is 7.11. The molecule has 0 radical (unpaired) electrons. The van der Waals surface area contributed by atoms with Crippen LogP contribution in [0.15, 0.2) is 112 Å². The van der Waals surface area contributed by atoms with Gasteiger partial charge >= 0.3 is 5.97 Å². The fraction of sp³-hybridized carbons (Fsp3) is 0.176. The van der Waals surface area contributed by atoms with Crippen LogP contribution in [0.5, 0.6) is 5.75 Å². The fourth-order valence-corrected chi connectivity index (χ4v) is 6.17. The van der Waals surface area contributed by atoms with Crippen LogP contribution in [0.2, 0.25) is 0 Å². The predicted octanol–water partition coefficient (Wildman–Crippen LogP) is 5.05. The number of aromatic nitrogens is 3. The summed E-state index contributed by atoms with van der Waals surface area (Å²) in [4.78, 5) is 32.8. The molecule has 0 N–H and O–H groups in total. The minimum Gasteiger partial charge on any atom is -0.497 e. The van der Waals surface area contributed by atoms with Gasteiger partial charge in [0.1, 0.15) is 5.75 Å². The van der Waals surface area contributed by atoms with Crippen LogP contribution in [0.1, 0.15) is 37.9 Å². The Kier molecular flexibility index (Phi) is 7.65. The molecule has 0 amide bonds. The number of para-hydroxylation sites is 1. The molecule has 0 saturated heterocycles. The highest BCUT2D eigenvalue weighted by Crippen LogP contribution is 2.32. The minimum absolute atomic E-state index is 0.251. The molecule has 1 aliphatic heterocycles. The zero-order valence-corrected chi connectivity index (χ0v) is 25.0. The lowest BCUT2D eigenvalue weighted by molar-refractivity contribution is -0.143. The molecule has 5 aromatic rings. The molecule has 6 rings (SSSR count). The number of nitrogens with zero attached hydrogens (tertiary/aromatic N) is 4.